The monoisotopic (exact) mass is 668 g/mol. The highest BCUT2D eigenvalue weighted by Gasteiger charge is 2.31. The van der Waals surface area contributed by atoms with Crippen LogP contribution in [-0.4, -0.2) is 51.2 Å². The number of carbonyl (C=O) groups excluding carboxylic acids is 1. The summed E-state index contributed by atoms with van der Waals surface area (Å²) in [6.45, 7) is 6.27. The molecule has 246 valence electrons. The Morgan fingerprint density at radius 3 is 2.45 bits per heavy atom. The van der Waals surface area contributed by atoms with Crippen LogP contribution in [0.5, 0.6) is 11.5 Å². The number of urea groups is 1. The molecule has 1 N–H and O–H groups in total. The number of aliphatic imine (C=N–C) groups is 1. The Bertz CT molecular complexity index is 1770. The molecule has 47 heavy (non-hydrogen) atoms. The summed E-state index contributed by atoms with van der Waals surface area (Å²) >= 11 is 1.47. The molecule has 0 radical (unpaired) electrons. The Balaban J connectivity index is 1.26. The van der Waals surface area contributed by atoms with Gasteiger partial charge in [-0.25, -0.2) is 18.9 Å². The van der Waals surface area contributed by atoms with Crippen molar-refractivity contribution < 1.29 is 31.8 Å². The molecule has 1 aliphatic rings. The van der Waals surface area contributed by atoms with Crippen molar-refractivity contribution in [3.63, 3.8) is 0 Å². The summed E-state index contributed by atoms with van der Waals surface area (Å²) in [5.41, 5.74) is 3.27. The number of carbonyl (C=O) groups is 1. The highest BCUT2D eigenvalue weighted by Crippen LogP contribution is 2.37. The maximum Gasteiger partial charge on any atom is 0.573 e. The first kappa shape index (κ1) is 33.5. The summed E-state index contributed by atoms with van der Waals surface area (Å²) in [6.07, 6.45) is -1.50. The highest BCUT2D eigenvalue weighted by atomic mass is 32.2. The smallest absolute Gasteiger partial charge is 0.497 e. The van der Waals surface area contributed by atoms with Crippen molar-refractivity contribution in [2.45, 2.75) is 45.5 Å². The Labute approximate surface area is 273 Å². The number of nitrogens with one attached hydrogen (secondary N) is 1. The van der Waals surface area contributed by atoms with Gasteiger partial charge in [0.05, 0.1) is 12.8 Å². The van der Waals surface area contributed by atoms with Gasteiger partial charge in [-0.2, -0.15) is 4.99 Å². The Morgan fingerprint density at radius 2 is 1.79 bits per heavy atom. The van der Waals surface area contributed by atoms with Gasteiger partial charge in [0.25, 0.3) is 0 Å². The summed E-state index contributed by atoms with van der Waals surface area (Å²) in [7, 11) is 1.62. The lowest BCUT2D eigenvalue weighted by molar-refractivity contribution is -0.274. The zero-order valence-corrected chi connectivity index (χ0v) is 26.8. The van der Waals surface area contributed by atoms with Crippen LogP contribution in [0.4, 0.5) is 28.0 Å². The lowest BCUT2D eigenvalue weighted by atomic mass is 9.99. The van der Waals surface area contributed by atoms with Crippen LogP contribution in [-0.2, 0) is 0 Å². The van der Waals surface area contributed by atoms with Crippen LogP contribution < -0.4 is 19.7 Å². The molecule has 1 atom stereocenters. The molecule has 5 rings (SSSR count). The number of amides is 2. The SMILES string of the molecule is COc1ccc(N2/C(=N/C(=O)N/C=C(\F)c3ccc(-c4ncn(-c5ccc(OC(F)(F)F)cc5)n4)cc3)SCCC2C)c(C(C)C)c1. The Hall–Kier alpha value is -4.85. The van der Waals surface area contributed by atoms with Gasteiger partial charge in [-0.05, 0) is 67.3 Å². The van der Waals surface area contributed by atoms with E-state index in [0.29, 0.717) is 22.2 Å². The number of nitrogens with zero attached hydrogens (tertiary/aromatic N) is 5. The molecular weight excluding hydrogens is 636 g/mol. The number of methoxy groups -OCH3 is 1. The lowest BCUT2D eigenvalue weighted by Gasteiger charge is -2.37. The summed E-state index contributed by atoms with van der Waals surface area (Å²) in [5.74, 6) is 1.04. The number of anilines is 1. The van der Waals surface area contributed by atoms with Crippen molar-refractivity contribution in [2.24, 2.45) is 4.99 Å². The van der Waals surface area contributed by atoms with E-state index in [1.165, 1.54) is 59.2 Å². The minimum absolute atomic E-state index is 0.0961. The number of rotatable bonds is 8. The number of hydrogen-bond donors (Lipinski definition) is 1. The minimum atomic E-state index is -4.78. The van der Waals surface area contributed by atoms with E-state index in [9.17, 15) is 18.0 Å². The van der Waals surface area contributed by atoms with Crippen molar-refractivity contribution in [3.8, 4) is 28.6 Å². The first-order valence-corrected chi connectivity index (χ1v) is 15.6. The first-order chi connectivity index (χ1) is 22.4. The third-order valence-electron chi connectivity index (χ3n) is 7.30. The summed E-state index contributed by atoms with van der Waals surface area (Å²) in [5, 5.41) is 7.32. The lowest BCUT2D eigenvalue weighted by Crippen LogP contribution is -2.42. The van der Waals surface area contributed by atoms with E-state index in [-0.39, 0.29) is 23.3 Å². The third-order valence-corrected chi connectivity index (χ3v) is 8.28. The second kappa shape index (κ2) is 14.3. The molecule has 2 heterocycles. The summed E-state index contributed by atoms with van der Waals surface area (Å²) in [4.78, 5) is 23.4. The number of ether oxygens (including phenoxy) is 2. The Kier molecular flexibility index (Phi) is 10.2. The van der Waals surface area contributed by atoms with Gasteiger partial charge in [0, 0.05) is 34.8 Å². The number of alkyl halides is 3. The van der Waals surface area contributed by atoms with Crippen LogP contribution in [0.15, 0.2) is 84.2 Å². The van der Waals surface area contributed by atoms with Crippen LogP contribution in [0, 0.1) is 0 Å². The van der Waals surface area contributed by atoms with E-state index >= 15 is 4.39 Å². The fraction of sp³-hybridized carbons (Fsp3) is 0.273. The van der Waals surface area contributed by atoms with Gasteiger partial charge in [0.2, 0.25) is 0 Å². The molecule has 1 saturated heterocycles. The number of benzene rings is 3. The van der Waals surface area contributed by atoms with Gasteiger partial charge in [0.1, 0.15) is 23.7 Å². The quantitative estimate of drug-likeness (QED) is 0.189. The Morgan fingerprint density at radius 1 is 1.09 bits per heavy atom. The van der Waals surface area contributed by atoms with Gasteiger partial charge >= 0.3 is 12.4 Å². The molecule has 0 bridgehead atoms. The first-order valence-electron chi connectivity index (χ1n) is 14.7. The predicted octanol–water partition coefficient (Wildman–Crippen LogP) is 8.33. The molecule has 1 fully saturated rings. The number of amidine groups is 1. The molecule has 3 aromatic carbocycles. The molecule has 4 aromatic rings. The second-order valence-electron chi connectivity index (χ2n) is 10.9. The molecule has 14 heteroatoms. The minimum Gasteiger partial charge on any atom is -0.497 e. The average Bonchev–Trinajstić information content (AvgIpc) is 3.54. The van der Waals surface area contributed by atoms with E-state index < -0.39 is 18.2 Å². The second-order valence-corrected chi connectivity index (χ2v) is 12.0. The van der Waals surface area contributed by atoms with Crippen LogP contribution in [0.25, 0.3) is 22.9 Å². The largest absolute Gasteiger partial charge is 0.573 e. The predicted molar refractivity (Wildman–Crippen MR) is 175 cm³/mol. The van der Waals surface area contributed by atoms with E-state index in [1.807, 2.05) is 23.1 Å². The molecule has 1 aromatic heterocycles. The van der Waals surface area contributed by atoms with Crippen LogP contribution >= 0.6 is 11.8 Å². The molecule has 0 aliphatic carbocycles. The van der Waals surface area contributed by atoms with Gasteiger partial charge in [-0.3, -0.25) is 0 Å². The van der Waals surface area contributed by atoms with Crippen molar-refractivity contribution in [1.82, 2.24) is 20.1 Å². The molecule has 1 unspecified atom stereocenters. The number of aromatic nitrogens is 3. The molecule has 1 aliphatic heterocycles. The number of hydrogen-bond acceptors (Lipinski definition) is 6. The highest BCUT2D eigenvalue weighted by molar-refractivity contribution is 8.14. The zero-order valence-electron chi connectivity index (χ0n) is 26.0. The number of thioether (sulfide) groups is 1. The topological polar surface area (TPSA) is 93.9 Å². The molecule has 0 spiro atoms. The summed E-state index contributed by atoms with van der Waals surface area (Å²) < 4.78 is 63.0. The maximum absolute atomic E-state index is 15.0. The van der Waals surface area contributed by atoms with E-state index in [1.54, 1.807) is 19.2 Å². The molecular formula is C33H32F4N6O3S. The molecule has 0 saturated carbocycles. The van der Waals surface area contributed by atoms with Crippen LogP contribution in [0.3, 0.4) is 0 Å². The molecule has 2 amide bonds. The van der Waals surface area contributed by atoms with Crippen molar-refractivity contribution in [3.05, 3.63) is 90.4 Å². The van der Waals surface area contributed by atoms with Crippen molar-refractivity contribution >= 4 is 34.5 Å². The van der Waals surface area contributed by atoms with Crippen molar-refractivity contribution in [2.75, 3.05) is 17.8 Å². The van der Waals surface area contributed by atoms with Crippen LogP contribution in [0.2, 0.25) is 0 Å². The zero-order chi connectivity index (χ0) is 33.7. The van der Waals surface area contributed by atoms with Gasteiger partial charge in [0.15, 0.2) is 11.0 Å². The standard InChI is InChI=1S/C33H32F4N6O3S/c1-20(2)27-17-26(45-4)13-14-29(27)43-21(3)15-16-47-32(43)40-31(44)38-18-28(34)22-5-7-23(8-6-22)30-39-19-42(41-30)24-9-11-25(12-10-24)46-33(35,36)37/h5-14,17-21H,15-16H2,1-4H3,(H,38,44)/b28-18-,40-32-. The fourth-order valence-corrected chi connectivity index (χ4v) is 6.11. The van der Waals surface area contributed by atoms with E-state index in [2.05, 4.69) is 45.9 Å². The van der Waals surface area contributed by atoms with E-state index in [0.717, 1.165) is 35.4 Å². The summed E-state index contributed by atoms with van der Waals surface area (Å²) in [6, 6.07) is 16.7. The normalized spacial score (nSPS) is 16.4. The maximum atomic E-state index is 15.0. The van der Waals surface area contributed by atoms with Crippen LogP contribution in [0.1, 0.15) is 44.2 Å². The molecule has 9 nitrogen and oxygen atoms in total. The number of halogens is 4. The van der Waals surface area contributed by atoms with Gasteiger partial charge in [-0.15, -0.1) is 18.3 Å². The van der Waals surface area contributed by atoms with Crippen molar-refractivity contribution in [1.29, 1.82) is 0 Å². The fourth-order valence-electron chi connectivity index (χ4n) is 4.90. The van der Waals surface area contributed by atoms with E-state index in [4.69, 9.17) is 4.74 Å². The van der Waals surface area contributed by atoms with Gasteiger partial charge in [-0.1, -0.05) is 49.9 Å². The third kappa shape index (κ3) is 8.30. The van der Waals surface area contributed by atoms with Gasteiger partial charge < -0.3 is 19.7 Å². The average molecular weight is 669 g/mol.